The molecule has 0 radical (unpaired) electrons. The largest absolute Gasteiger partial charge is 0.394 e. The average Bonchev–Trinajstić information content (AvgIpc) is 1.95. The number of hydrogen-bond acceptors (Lipinski definition) is 4. The van der Waals surface area contributed by atoms with Crippen molar-refractivity contribution in [1.29, 1.82) is 0 Å². The van der Waals surface area contributed by atoms with Gasteiger partial charge >= 0.3 is 0 Å². The Bertz CT molecular complexity index is 114. The molecule has 66 valence electrons. The second-order valence-corrected chi connectivity index (χ2v) is 2.83. The van der Waals surface area contributed by atoms with Crippen LogP contribution >= 0.6 is 0 Å². The van der Waals surface area contributed by atoms with Gasteiger partial charge in [-0.05, 0) is 6.92 Å². The van der Waals surface area contributed by atoms with Crippen LogP contribution in [0.1, 0.15) is 13.3 Å². The van der Waals surface area contributed by atoms with Gasteiger partial charge in [0.05, 0.1) is 25.9 Å². The van der Waals surface area contributed by atoms with E-state index in [0.717, 1.165) is 0 Å². The molecule has 2 N–H and O–H groups in total. The summed E-state index contributed by atoms with van der Waals surface area (Å²) in [5, 5.41) is 17.1. The summed E-state index contributed by atoms with van der Waals surface area (Å²) in [5.41, 5.74) is 0. The maximum atomic E-state index is 8.61. The molecule has 2 atom stereocenters. The van der Waals surface area contributed by atoms with Gasteiger partial charge in [0.2, 0.25) is 0 Å². The summed E-state index contributed by atoms with van der Waals surface area (Å²) in [6.45, 7) is 2.13. The van der Waals surface area contributed by atoms with Gasteiger partial charge < -0.3 is 19.7 Å². The lowest BCUT2D eigenvalue weighted by Gasteiger charge is -2.43. The highest BCUT2D eigenvalue weighted by Gasteiger charge is 2.41. The van der Waals surface area contributed by atoms with Crippen LogP contribution in [0.15, 0.2) is 0 Å². The van der Waals surface area contributed by atoms with Crippen LogP contribution in [0.25, 0.3) is 0 Å². The van der Waals surface area contributed by atoms with E-state index in [1.165, 1.54) is 0 Å². The van der Waals surface area contributed by atoms with Crippen molar-refractivity contribution >= 4 is 0 Å². The Morgan fingerprint density at radius 1 is 1.64 bits per heavy atom. The topological polar surface area (TPSA) is 58.9 Å². The molecule has 1 aliphatic heterocycles. The lowest BCUT2D eigenvalue weighted by atomic mass is 10.0. The smallest absolute Gasteiger partial charge is 0.168 e. The monoisotopic (exact) mass is 162 g/mol. The Balaban J connectivity index is 2.15. The van der Waals surface area contributed by atoms with Gasteiger partial charge in [-0.25, -0.2) is 0 Å². The number of hydrogen-bond donors (Lipinski definition) is 2. The molecule has 1 fully saturated rings. The second-order valence-electron chi connectivity index (χ2n) is 2.83. The Morgan fingerprint density at radius 3 is 2.73 bits per heavy atom. The predicted molar refractivity (Wildman–Crippen MR) is 38.0 cm³/mol. The summed E-state index contributed by atoms with van der Waals surface area (Å²) in [4.78, 5) is 0. The standard InChI is InChI=1S/C7H14O4/c1-7(10-3-2-8)4-6(5-9)11-7/h6,8-9H,2-5H2,1H3. The summed E-state index contributed by atoms with van der Waals surface area (Å²) in [6.07, 6.45) is 0.613. The fourth-order valence-electron chi connectivity index (χ4n) is 1.21. The zero-order chi connectivity index (χ0) is 8.32. The van der Waals surface area contributed by atoms with Gasteiger partial charge in [0.25, 0.3) is 0 Å². The molecule has 0 aromatic carbocycles. The number of aliphatic hydroxyl groups is 2. The van der Waals surface area contributed by atoms with Gasteiger partial charge in [-0.2, -0.15) is 0 Å². The molecule has 0 saturated carbocycles. The molecule has 1 aliphatic rings. The Morgan fingerprint density at radius 2 is 2.27 bits per heavy atom. The first kappa shape index (κ1) is 8.93. The maximum absolute atomic E-state index is 8.61. The molecule has 0 aromatic heterocycles. The highest BCUT2D eigenvalue weighted by atomic mass is 16.7. The van der Waals surface area contributed by atoms with Crippen LogP contribution in [0.2, 0.25) is 0 Å². The molecule has 0 bridgehead atoms. The molecule has 4 nitrogen and oxygen atoms in total. The molecule has 0 aliphatic carbocycles. The van der Waals surface area contributed by atoms with E-state index in [2.05, 4.69) is 0 Å². The molecule has 11 heavy (non-hydrogen) atoms. The van der Waals surface area contributed by atoms with Crippen LogP contribution in [-0.2, 0) is 9.47 Å². The van der Waals surface area contributed by atoms with E-state index >= 15 is 0 Å². The summed E-state index contributed by atoms with van der Waals surface area (Å²) in [5.74, 6) is -0.573. The fraction of sp³-hybridized carbons (Fsp3) is 1.00. The lowest BCUT2D eigenvalue weighted by molar-refractivity contribution is -0.338. The van der Waals surface area contributed by atoms with Crippen LogP contribution in [0.4, 0.5) is 0 Å². The van der Waals surface area contributed by atoms with Crippen molar-refractivity contribution < 1.29 is 19.7 Å². The molecule has 2 unspecified atom stereocenters. The zero-order valence-electron chi connectivity index (χ0n) is 6.62. The molecule has 0 amide bonds. The maximum Gasteiger partial charge on any atom is 0.168 e. The molecule has 1 saturated heterocycles. The molecule has 1 rings (SSSR count). The van der Waals surface area contributed by atoms with Crippen molar-refractivity contribution in [3.8, 4) is 0 Å². The van der Waals surface area contributed by atoms with Crippen LogP contribution in [0.3, 0.4) is 0 Å². The Kier molecular flexibility index (Phi) is 2.84. The van der Waals surface area contributed by atoms with Crippen LogP contribution in [0.5, 0.6) is 0 Å². The van der Waals surface area contributed by atoms with E-state index in [0.29, 0.717) is 6.42 Å². The molecule has 4 heteroatoms. The highest BCUT2D eigenvalue weighted by Crippen LogP contribution is 2.32. The first-order chi connectivity index (χ1) is 5.20. The van der Waals surface area contributed by atoms with Crippen LogP contribution in [0, 0.1) is 0 Å². The third kappa shape index (κ3) is 2.13. The van der Waals surface area contributed by atoms with E-state index in [4.69, 9.17) is 19.7 Å². The summed E-state index contributed by atoms with van der Waals surface area (Å²) >= 11 is 0. The summed E-state index contributed by atoms with van der Waals surface area (Å²) in [6, 6.07) is 0. The zero-order valence-corrected chi connectivity index (χ0v) is 6.62. The Labute approximate surface area is 65.7 Å². The van der Waals surface area contributed by atoms with E-state index in [1.54, 1.807) is 6.92 Å². The number of rotatable bonds is 4. The van der Waals surface area contributed by atoms with Crippen molar-refractivity contribution in [3.05, 3.63) is 0 Å². The SMILES string of the molecule is CC1(OCCO)CC(CO)O1. The van der Waals surface area contributed by atoms with E-state index in [9.17, 15) is 0 Å². The molecule has 0 spiro atoms. The van der Waals surface area contributed by atoms with E-state index in [-0.39, 0.29) is 25.9 Å². The van der Waals surface area contributed by atoms with Gasteiger partial charge in [0.1, 0.15) is 0 Å². The van der Waals surface area contributed by atoms with Crippen LogP contribution < -0.4 is 0 Å². The molecule has 0 aromatic rings. The lowest BCUT2D eigenvalue weighted by Crippen LogP contribution is -2.52. The van der Waals surface area contributed by atoms with Crippen molar-refractivity contribution in [3.63, 3.8) is 0 Å². The van der Waals surface area contributed by atoms with Gasteiger partial charge in [0, 0.05) is 6.42 Å². The number of ether oxygens (including phenoxy) is 2. The summed E-state index contributed by atoms with van der Waals surface area (Å²) < 4.78 is 10.4. The third-order valence-corrected chi connectivity index (χ3v) is 1.72. The van der Waals surface area contributed by atoms with Crippen LogP contribution in [-0.4, -0.2) is 41.9 Å². The van der Waals surface area contributed by atoms with Crippen molar-refractivity contribution in [1.82, 2.24) is 0 Å². The first-order valence-corrected chi connectivity index (χ1v) is 3.74. The minimum Gasteiger partial charge on any atom is -0.394 e. The van der Waals surface area contributed by atoms with Crippen molar-refractivity contribution in [2.75, 3.05) is 19.8 Å². The van der Waals surface area contributed by atoms with Gasteiger partial charge in [-0.1, -0.05) is 0 Å². The second kappa shape index (κ2) is 3.49. The Hall–Kier alpha value is -0.160. The van der Waals surface area contributed by atoms with Gasteiger partial charge in [0.15, 0.2) is 5.79 Å². The highest BCUT2D eigenvalue weighted by molar-refractivity contribution is 4.81. The molecule has 1 heterocycles. The van der Waals surface area contributed by atoms with Crippen molar-refractivity contribution in [2.24, 2.45) is 0 Å². The fourth-order valence-corrected chi connectivity index (χ4v) is 1.21. The minimum atomic E-state index is -0.573. The molecular weight excluding hydrogens is 148 g/mol. The quantitative estimate of drug-likeness (QED) is 0.584. The summed E-state index contributed by atoms with van der Waals surface area (Å²) in [7, 11) is 0. The normalized spacial score (nSPS) is 36.8. The van der Waals surface area contributed by atoms with Crippen molar-refractivity contribution in [2.45, 2.75) is 25.2 Å². The first-order valence-electron chi connectivity index (χ1n) is 3.74. The third-order valence-electron chi connectivity index (χ3n) is 1.72. The van der Waals surface area contributed by atoms with Gasteiger partial charge in [-0.3, -0.25) is 0 Å². The van der Waals surface area contributed by atoms with E-state index < -0.39 is 5.79 Å². The average molecular weight is 162 g/mol. The molecular formula is C7H14O4. The van der Waals surface area contributed by atoms with Gasteiger partial charge in [-0.15, -0.1) is 0 Å². The minimum absolute atomic E-state index is 0.00272. The number of aliphatic hydroxyl groups excluding tert-OH is 2. The predicted octanol–water partition coefficient (Wildman–Crippen LogP) is -0.507. The van der Waals surface area contributed by atoms with E-state index in [1.807, 2.05) is 0 Å².